The largest absolute Gasteiger partial charge is 0.416 e. The van der Waals surface area contributed by atoms with Gasteiger partial charge in [-0.25, -0.2) is 0 Å². The quantitative estimate of drug-likeness (QED) is 0.593. The zero-order valence-electron chi connectivity index (χ0n) is 8.18. The monoisotopic (exact) mass is 183 g/mol. The minimum Gasteiger partial charge on any atom is -0.416 e. The van der Waals surface area contributed by atoms with Gasteiger partial charge in [-0.15, -0.1) is 0 Å². The number of hydrogen-bond donors (Lipinski definition) is 0. The minimum atomic E-state index is -0.204. The van der Waals surface area contributed by atoms with E-state index in [1.165, 1.54) is 0 Å². The Kier molecular flexibility index (Phi) is 6.04. The fourth-order valence-corrected chi connectivity index (χ4v) is 2.06. The third kappa shape index (κ3) is 3.38. The maximum atomic E-state index is 9.01. The molecule has 12 heavy (non-hydrogen) atoms. The molecule has 3 heteroatoms. The van der Waals surface area contributed by atoms with Crippen LogP contribution < -0.4 is 0 Å². The first-order valence-electron chi connectivity index (χ1n) is 4.54. The van der Waals surface area contributed by atoms with Gasteiger partial charge in [-0.2, -0.15) is 5.26 Å². The summed E-state index contributed by atoms with van der Waals surface area (Å²) in [5, 5.41) is 8.81. The van der Waals surface area contributed by atoms with Crippen molar-refractivity contribution in [1.29, 1.82) is 5.26 Å². The number of rotatable bonds is 6. The highest BCUT2D eigenvalue weighted by molar-refractivity contribution is 6.33. The molecule has 0 spiro atoms. The molecule has 0 heterocycles. The van der Waals surface area contributed by atoms with Crippen LogP contribution in [0, 0.1) is 11.3 Å². The van der Waals surface area contributed by atoms with Crippen LogP contribution in [0.15, 0.2) is 0 Å². The van der Waals surface area contributed by atoms with E-state index in [4.69, 9.17) is 9.69 Å². The van der Waals surface area contributed by atoms with Crippen LogP contribution in [0.5, 0.6) is 0 Å². The van der Waals surface area contributed by atoms with Crippen LogP contribution in [0.2, 0.25) is 5.04 Å². The molecule has 0 aliphatic carbocycles. The van der Waals surface area contributed by atoms with E-state index in [0.717, 1.165) is 19.3 Å². The molecule has 1 atom stereocenters. The van der Waals surface area contributed by atoms with Gasteiger partial charge in [-0.05, 0) is 19.8 Å². The van der Waals surface area contributed by atoms with Crippen LogP contribution in [-0.4, -0.2) is 16.4 Å². The fourth-order valence-electron chi connectivity index (χ4n) is 1.09. The van der Waals surface area contributed by atoms with Crippen LogP contribution in [0.25, 0.3) is 0 Å². The van der Waals surface area contributed by atoms with Gasteiger partial charge in [-0.3, -0.25) is 0 Å². The average Bonchev–Trinajstić information content (AvgIpc) is 2.13. The molecule has 0 fully saturated rings. The SMILES string of the molecule is CCCC(C#N)(CC)[Si]OCC. The Morgan fingerprint density at radius 3 is 2.42 bits per heavy atom. The molecule has 0 amide bonds. The van der Waals surface area contributed by atoms with Crippen molar-refractivity contribution in [1.82, 2.24) is 0 Å². The van der Waals surface area contributed by atoms with Crippen molar-refractivity contribution >= 4 is 9.76 Å². The van der Waals surface area contributed by atoms with Crippen molar-refractivity contribution < 1.29 is 4.43 Å². The summed E-state index contributed by atoms with van der Waals surface area (Å²) in [6.45, 7) is 6.85. The Morgan fingerprint density at radius 2 is 2.08 bits per heavy atom. The summed E-state index contributed by atoms with van der Waals surface area (Å²) in [6, 6.07) is 2.39. The summed E-state index contributed by atoms with van der Waals surface area (Å²) < 4.78 is 5.34. The second kappa shape index (κ2) is 6.21. The molecule has 1 unspecified atom stereocenters. The zero-order valence-corrected chi connectivity index (χ0v) is 9.18. The normalized spacial score (nSPS) is 15.2. The lowest BCUT2D eigenvalue weighted by molar-refractivity contribution is 0.337. The van der Waals surface area contributed by atoms with E-state index in [1.807, 2.05) is 6.92 Å². The van der Waals surface area contributed by atoms with E-state index in [0.29, 0.717) is 16.4 Å². The van der Waals surface area contributed by atoms with Crippen LogP contribution in [0.3, 0.4) is 0 Å². The van der Waals surface area contributed by atoms with E-state index in [2.05, 4.69) is 19.9 Å². The van der Waals surface area contributed by atoms with Gasteiger partial charge in [0.2, 0.25) is 0 Å². The van der Waals surface area contributed by atoms with Crippen molar-refractivity contribution in [3.8, 4) is 6.07 Å². The maximum absolute atomic E-state index is 9.01. The van der Waals surface area contributed by atoms with Gasteiger partial charge < -0.3 is 4.43 Å². The van der Waals surface area contributed by atoms with Gasteiger partial charge in [0, 0.05) is 6.61 Å². The molecule has 0 aromatic carbocycles. The van der Waals surface area contributed by atoms with E-state index in [-0.39, 0.29) is 5.04 Å². The summed E-state index contributed by atoms with van der Waals surface area (Å²) >= 11 is 0. The topological polar surface area (TPSA) is 33.0 Å². The minimum absolute atomic E-state index is 0.204. The second-order valence-electron chi connectivity index (χ2n) is 2.83. The highest BCUT2D eigenvalue weighted by Crippen LogP contribution is 2.33. The molecule has 0 rings (SSSR count). The molecule has 0 aromatic heterocycles. The van der Waals surface area contributed by atoms with Gasteiger partial charge in [0.15, 0.2) is 0 Å². The third-order valence-corrected chi connectivity index (χ3v) is 3.45. The standard InChI is InChI=1S/C9H17NOSi/c1-4-7-9(5-2,8-10)12-11-6-3/h4-7H2,1-3H3. The van der Waals surface area contributed by atoms with Gasteiger partial charge in [0.1, 0.15) is 0 Å². The van der Waals surface area contributed by atoms with Crippen molar-refractivity contribution in [2.75, 3.05) is 6.61 Å². The lowest BCUT2D eigenvalue weighted by atomic mass is 10.0. The van der Waals surface area contributed by atoms with Crippen LogP contribution in [0.4, 0.5) is 0 Å². The lowest BCUT2D eigenvalue weighted by Crippen LogP contribution is -2.20. The van der Waals surface area contributed by atoms with Crippen molar-refractivity contribution in [3.05, 3.63) is 0 Å². The van der Waals surface area contributed by atoms with Crippen LogP contribution >= 0.6 is 0 Å². The number of hydrogen-bond acceptors (Lipinski definition) is 2. The molecule has 68 valence electrons. The zero-order chi connectivity index (χ0) is 9.45. The predicted molar refractivity (Wildman–Crippen MR) is 50.9 cm³/mol. The lowest BCUT2D eigenvalue weighted by Gasteiger charge is -2.21. The van der Waals surface area contributed by atoms with Crippen LogP contribution in [0.1, 0.15) is 40.0 Å². The molecule has 0 saturated heterocycles. The van der Waals surface area contributed by atoms with Crippen molar-refractivity contribution in [3.63, 3.8) is 0 Å². The van der Waals surface area contributed by atoms with Gasteiger partial charge in [0.25, 0.3) is 9.76 Å². The van der Waals surface area contributed by atoms with Gasteiger partial charge in [0.05, 0.1) is 11.1 Å². The third-order valence-electron chi connectivity index (χ3n) is 1.91. The number of nitriles is 1. The van der Waals surface area contributed by atoms with Crippen LogP contribution in [-0.2, 0) is 4.43 Å². The smallest absolute Gasteiger partial charge is 0.251 e. The number of nitrogens with zero attached hydrogens (tertiary/aromatic N) is 1. The summed E-state index contributed by atoms with van der Waals surface area (Å²) in [6.07, 6.45) is 2.91. The van der Waals surface area contributed by atoms with Crippen molar-refractivity contribution in [2.24, 2.45) is 0 Å². The predicted octanol–water partition coefficient (Wildman–Crippen LogP) is 2.53. The Balaban J connectivity index is 4.07. The average molecular weight is 183 g/mol. The van der Waals surface area contributed by atoms with E-state index in [9.17, 15) is 0 Å². The Morgan fingerprint density at radius 1 is 1.42 bits per heavy atom. The molecule has 0 aliphatic heterocycles. The molecular formula is C9H17NOSi. The Labute approximate surface area is 77.9 Å². The first-order valence-corrected chi connectivity index (χ1v) is 5.45. The second-order valence-corrected chi connectivity index (χ2v) is 4.28. The first kappa shape index (κ1) is 11.7. The molecule has 0 bridgehead atoms. The highest BCUT2D eigenvalue weighted by atomic mass is 28.2. The molecular weight excluding hydrogens is 166 g/mol. The summed E-state index contributed by atoms with van der Waals surface area (Å²) in [7, 11) is 0.339. The van der Waals surface area contributed by atoms with E-state index in [1.54, 1.807) is 0 Å². The molecule has 0 aromatic rings. The Bertz CT molecular complexity index is 155. The molecule has 2 radical (unpaired) electrons. The summed E-state index contributed by atoms with van der Waals surface area (Å²) in [4.78, 5) is 0. The van der Waals surface area contributed by atoms with E-state index < -0.39 is 0 Å². The molecule has 0 saturated carbocycles. The summed E-state index contributed by atoms with van der Waals surface area (Å²) in [5.74, 6) is 0. The Hall–Kier alpha value is -0.333. The molecule has 2 nitrogen and oxygen atoms in total. The maximum Gasteiger partial charge on any atom is 0.251 e. The molecule has 0 N–H and O–H groups in total. The van der Waals surface area contributed by atoms with E-state index >= 15 is 0 Å². The van der Waals surface area contributed by atoms with Gasteiger partial charge >= 0.3 is 0 Å². The van der Waals surface area contributed by atoms with Crippen molar-refractivity contribution in [2.45, 2.75) is 45.1 Å². The first-order chi connectivity index (χ1) is 5.74. The highest BCUT2D eigenvalue weighted by Gasteiger charge is 2.29. The van der Waals surface area contributed by atoms with Gasteiger partial charge in [-0.1, -0.05) is 20.3 Å². The molecule has 0 aliphatic rings. The fraction of sp³-hybridized carbons (Fsp3) is 0.889. The summed E-state index contributed by atoms with van der Waals surface area (Å²) in [5.41, 5.74) is 0.